The summed E-state index contributed by atoms with van der Waals surface area (Å²) in [5.74, 6) is 0. The van der Waals surface area contributed by atoms with Crippen molar-refractivity contribution in [1.29, 1.82) is 0 Å². The molecule has 4 aliphatic rings. The molecule has 16 aromatic rings. The van der Waals surface area contributed by atoms with Gasteiger partial charge in [-0.15, -0.1) is 0 Å². The molecular weight excluding hydrogens is 1410 g/mol. The first kappa shape index (κ1) is 74.2. The summed E-state index contributed by atoms with van der Waals surface area (Å²) in [6.07, 6.45) is 4.68. The summed E-state index contributed by atoms with van der Waals surface area (Å²) in [7, 11) is 0. The molecule has 0 unspecified atom stereocenters. The maximum absolute atomic E-state index is 2.66. The summed E-state index contributed by atoms with van der Waals surface area (Å²) < 4.78 is 5.15. The number of rotatable bonds is 9. The zero-order valence-corrected chi connectivity index (χ0v) is 71.4. The van der Waals surface area contributed by atoms with Crippen molar-refractivity contribution in [2.24, 2.45) is 0 Å². The smallest absolute Gasteiger partial charge is 0.252 e. The Balaban J connectivity index is 0.878. The van der Waals surface area contributed by atoms with Crippen LogP contribution in [0.3, 0.4) is 0 Å². The minimum atomic E-state index is -0.195. The van der Waals surface area contributed by atoms with Gasteiger partial charge in [-0.25, -0.2) is 0 Å². The number of aromatic nitrogens is 2. The highest BCUT2D eigenvalue weighted by Gasteiger charge is 2.46. The second-order valence-corrected chi connectivity index (χ2v) is 40.3. The molecule has 2 aliphatic carbocycles. The van der Waals surface area contributed by atoms with E-state index >= 15 is 0 Å². The lowest BCUT2D eigenvalue weighted by atomic mass is 9.33. The highest BCUT2D eigenvalue weighted by atomic mass is 15.2. The molecule has 0 radical (unpaired) electrons. The Morgan fingerprint density at radius 2 is 0.538 bits per heavy atom. The van der Waals surface area contributed by atoms with Gasteiger partial charge in [0, 0.05) is 61.4 Å². The predicted molar refractivity (Wildman–Crippen MR) is 503 cm³/mol. The summed E-state index contributed by atoms with van der Waals surface area (Å²) in [4.78, 5) is 5.31. The number of benzene rings is 14. The lowest BCUT2D eigenvalue weighted by Crippen LogP contribution is -2.61. The van der Waals surface area contributed by atoms with Gasteiger partial charge < -0.3 is 18.9 Å². The summed E-state index contributed by atoms with van der Waals surface area (Å²) >= 11 is 0. The van der Waals surface area contributed by atoms with E-state index in [0.717, 1.165) is 63.7 Å². The van der Waals surface area contributed by atoms with Gasteiger partial charge >= 0.3 is 0 Å². The SMILES string of the molecule is CC(C)(C)c1ccc(-c2ccc3c(c2)N(c2ccc(-c4ccc5c(c4)C(C)(C)CCC5(C)C)cc2)c2cc(-n4c5ccc(C(C)(C)C)cc5c5cc(C(C)(C)C)ccc54)cc4c2B3c2ccc(-n3c5ccc(-c6ccccc6)cc5c5cc(-c6ccccc6)ccc53)cc2N4c2ccc(-c3ccc4c(c3)C(C)(C)CCC4(C)C)cc2)cc1. The Morgan fingerprint density at radius 1 is 0.239 bits per heavy atom. The van der Waals surface area contributed by atoms with E-state index in [9.17, 15) is 0 Å². The topological polar surface area (TPSA) is 16.3 Å². The van der Waals surface area contributed by atoms with Gasteiger partial charge in [0.15, 0.2) is 0 Å². The minimum absolute atomic E-state index is 0.00250. The van der Waals surface area contributed by atoms with Gasteiger partial charge in [0.05, 0.1) is 27.8 Å². The molecule has 5 heteroatoms. The molecule has 0 amide bonds. The third-order valence-corrected chi connectivity index (χ3v) is 27.7. The lowest BCUT2D eigenvalue weighted by Gasteiger charge is -2.44. The molecule has 0 fully saturated rings. The first-order valence-corrected chi connectivity index (χ1v) is 42.8. The van der Waals surface area contributed by atoms with Crippen LogP contribution in [-0.2, 0) is 37.9 Å². The number of hydrogen-bond donors (Lipinski definition) is 0. The van der Waals surface area contributed by atoms with E-state index in [0.29, 0.717) is 0 Å². The molecule has 0 saturated carbocycles. The average Bonchev–Trinajstić information content (AvgIpc) is 1.55. The second-order valence-electron chi connectivity index (χ2n) is 40.3. The normalized spacial score (nSPS) is 15.8. The van der Waals surface area contributed by atoms with Crippen molar-refractivity contribution in [3.05, 3.63) is 330 Å². The van der Waals surface area contributed by atoms with Crippen molar-refractivity contribution in [2.75, 3.05) is 9.80 Å². The third kappa shape index (κ3) is 12.3. The van der Waals surface area contributed by atoms with Crippen LogP contribution in [0.15, 0.2) is 291 Å². The fraction of sp³-hybridized carbons (Fsp3) is 0.250. The van der Waals surface area contributed by atoms with Crippen molar-refractivity contribution < 1.29 is 0 Å². The van der Waals surface area contributed by atoms with E-state index in [4.69, 9.17) is 0 Å². The van der Waals surface area contributed by atoms with E-state index in [1.807, 2.05) is 0 Å². The monoisotopic (exact) mass is 1520 g/mol. The molecule has 578 valence electrons. The van der Waals surface area contributed by atoms with Crippen LogP contribution in [0.1, 0.15) is 182 Å². The van der Waals surface area contributed by atoms with Crippen LogP contribution in [0.25, 0.3) is 111 Å². The lowest BCUT2D eigenvalue weighted by molar-refractivity contribution is 0.332. The second kappa shape index (κ2) is 26.4. The van der Waals surface area contributed by atoms with Crippen LogP contribution in [-0.4, -0.2) is 15.8 Å². The molecule has 0 saturated heterocycles. The quantitative estimate of drug-likeness (QED) is 0.134. The maximum atomic E-state index is 2.66. The Kier molecular flexibility index (Phi) is 16.8. The first-order chi connectivity index (χ1) is 55.8. The zero-order chi connectivity index (χ0) is 80.9. The molecule has 0 atom stereocenters. The fourth-order valence-corrected chi connectivity index (χ4v) is 20.4. The van der Waals surface area contributed by atoms with Crippen molar-refractivity contribution in [2.45, 2.75) is 181 Å². The standard InChI is InChI=1S/C112H107BN4/c1-106(2,3)80-39-28-72(29-40-80)79-36-50-95-101(64-79)114(83-43-30-73(31-44-83)77-34-48-91-93(62-77)111(14,15)58-56-109(91,10)11)103-68-86(117-99-54-41-81(107(4,5)6)65-89(99)90-66-82(108(7,8)9)42-55-100(90)117)69-104-105(103)113(95)96-51-47-85(67-102(96)115(104)84-45-32-74(33-46-84)78-35-49-92-94(63-78)112(16,17)59-57-110(92,12)13)116-97-52-37-75(70-24-20-18-21-25-70)60-87(97)88-61-76(38-53-98(88)116)71-26-22-19-23-27-71/h18-55,60-69H,56-59H2,1-17H3. The number of fused-ring (bicyclic) bond motifs is 12. The van der Waals surface area contributed by atoms with Gasteiger partial charge in [-0.1, -0.05) is 306 Å². The summed E-state index contributed by atoms with van der Waals surface area (Å²) in [5.41, 5.74) is 39.6. The van der Waals surface area contributed by atoms with Crippen molar-refractivity contribution in [3.8, 4) is 67.0 Å². The van der Waals surface area contributed by atoms with Gasteiger partial charge in [-0.05, 0) is 278 Å². The van der Waals surface area contributed by atoms with Crippen LogP contribution >= 0.6 is 0 Å². The zero-order valence-electron chi connectivity index (χ0n) is 71.4. The molecule has 2 aliphatic heterocycles. The van der Waals surface area contributed by atoms with E-state index < -0.39 is 0 Å². The molecule has 0 N–H and O–H groups in total. The summed E-state index contributed by atoms with van der Waals surface area (Å²) in [6, 6.07) is 114. The third-order valence-electron chi connectivity index (χ3n) is 27.7. The minimum Gasteiger partial charge on any atom is -0.311 e. The molecule has 117 heavy (non-hydrogen) atoms. The molecule has 0 spiro atoms. The largest absolute Gasteiger partial charge is 0.311 e. The average molecular weight is 1520 g/mol. The van der Waals surface area contributed by atoms with Crippen LogP contribution < -0.4 is 26.2 Å². The first-order valence-electron chi connectivity index (χ1n) is 42.8. The predicted octanol–water partition coefficient (Wildman–Crippen LogP) is 28.9. The molecule has 14 aromatic carbocycles. The maximum Gasteiger partial charge on any atom is 0.252 e. The Morgan fingerprint density at radius 3 is 0.966 bits per heavy atom. The number of nitrogens with zero attached hydrogens (tertiary/aromatic N) is 4. The van der Waals surface area contributed by atoms with Crippen LogP contribution in [0.2, 0.25) is 0 Å². The van der Waals surface area contributed by atoms with Crippen molar-refractivity contribution in [3.63, 3.8) is 0 Å². The highest BCUT2D eigenvalue weighted by Crippen LogP contribution is 2.53. The number of anilines is 6. The van der Waals surface area contributed by atoms with Crippen LogP contribution in [0, 0.1) is 0 Å². The van der Waals surface area contributed by atoms with Gasteiger partial charge in [0.1, 0.15) is 0 Å². The van der Waals surface area contributed by atoms with E-state index in [1.165, 1.54) is 162 Å². The van der Waals surface area contributed by atoms with Crippen molar-refractivity contribution >= 4 is 101 Å². The van der Waals surface area contributed by atoms with Crippen molar-refractivity contribution in [1.82, 2.24) is 9.13 Å². The van der Waals surface area contributed by atoms with Gasteiger partial charge in [0.2, 0.25) is 0 Å². The van der Waals surface area contributed by atoms with Crippen LogP contribution in [0.5, 0.6) is 0 Å². The van der Waals surface area contributed by atoms with Gasteiger partial charge in [0.25, 0.3) is 6.71 Å². The number of hydrogen-bond acceptors (Lipinski definition) is 2. The van der Waals surface area contributed by atoms with Gasteiger partial charge in [-0.3, -0.25) is 0 Å². The molecular formula is C112H107BN4. The van der Waals surface area contributed by atoms with Crippen LogP contribution in [0.4, 0.5) is 34.1 Å². The molecule has 20 rings (SSSR count). The molecule has 0 bridgehead atoms. The molecule has 4 heterocycles. The Hall–Kier alpha value is -11.7. The summed E-state index contributed by atoms with van der Waals surface area (Å²) in [6.45, 7) is 40.4. The van der Waals surface area contributed by atoms with Gasteiger partial charge in [-0.2, -0.15) is 0 Å². The van der Waals surface area contributed by atoms with E-state index in [1.54, 1.807) is 0 Å². The Labute approximate surface area is 693 Å². The summed E-state index contributed by atoms with van der Waals surface area (Å²) in [5, 5.41) is 4.95. The van der Waals surface area contributed by atoms with E-state index in [-0.39, 0.29) is 44.6 Å². The van der Waals surface area contributed by atoms with E-state index in [2.05, 4.69) is 428 Å². The molecule has 2 aromatic heterocycles. The Bertz CT molecular complexity index is 6550. The highest BCUT2D eigenvalue weighted by molar-refractivity contribution is 7.00. The fourth-order valence-electron chi connectivity index (χ4n) is 20.4. The molecule has 4 nitrogen and oxygen atoms in total.